The van der Waals surface area contributed by atoms with Crippen LogP contribution in [0, 0.1) is 0 Å². The molecule has 146 valence electrons. The molecular weight excluding hydrogens is 409 g/mol. The van der Waals surface area contributed by atoms with Gasteiger partial charge in [0.2, 0.25) is 0 Å². The molecule has 1 heterocycles. The lowest BCUT2D eigenvalue weighted by Crippen LogP contribution is -2.42. The first kappa shape index (κ1) is 21.5. The number of amides is 1. The minimum Gasteiger partial charge on any atom is -0.339 e. The van der Waals surface area contributed by atoms with Crippen LogP contribution in [-0.4, -0.2) is 38.4 Å². The fourth-order valence-electron chi connectivity index (χ4n) is 2.81. The van der Waals surface area contributed by atoms with Crippen LogP contribution in [0.15, 0.2) is 53.4 Å². The van der Waals surface area contributed by atoms with Crippen molar-refractivity contribution in [2.24, 2.45) is 5.73 Å². The Kier molecular flexibility index (Phi) is 7.11. The number of anilines is 1. The molecule has 3 N–H and O–H groups in total. The van der Waals surface area contributed by atoms with Gasteiger partial charge in [-0.05, 0) is 49.2 Å². The molecule has 1 aliphatic heterocycles. The van der Waals surface area contributed by atoms with Gasteiger partial charge in [0.05, 0.1) is 15.6 Å². The maximum absolute atomic E-state index is 12.5. The number of para-hydroxylation sites is 1. The van der Waals surface area contributed by atoms with Crippen LogP contribution in [0.2, 0.25) is 5.02 Å². The monoisotopic (exact) mass is 429 g/mol. The van der Waals surface area contributed by atoms with Crippen LogP contribution in [0.1, 0.15) is 23.2 Å². The summed E-state index contributed by atoms with van der Waals surface area (Å²) in [5.74, 6) is -0.111. The lowest BCUT2D eigenvalue weighted by atomic mass is 10.1. The summed E-state index contributed by atoms with van der Waals surface area (Å²) in [7, 11) is -3.79. The van der Waals surface area contributed by atoms with Crippen molar-refractivity contribution in [3.63, 3.8) is 0 Å². The molecule has 1 fully saturated rings. The maximum Gasteiger partial charge on any atom is 0.261 e. The number of piperidine rings is 1. The highest BCUT2D eigenvalue weighted by Crippen LogP contribution is 2.24. The minimum atomic E-state index is -3.79. The predicted octanol–water partition coefficient (Wildman–Crippen LogP) is 3.13. The molecule has 0 aromatic heterocycles. The highest BCUT2D eigenvalue weighted by atomic mass is 35.5. The molecule has 2 aromatic carbocycles. The topological polar surface area (TPSA) is 92.5 Å². The van der Waals surface area contributed by atoms with E-state index < -0.39 is 10.0 Å². The van der Waals surface area contributed by atoms with Gasteiger partial charge in [-0.3, -0.25) is 9.52 Å². The van der Waals surface area contributed by atoms with Crippen molar-refractivity contribution in [2.45, 2.75) is 23.8 Å². The maximum atomic E-state index is 12.5. The standard InChI is InChI=1S/C18H20ClN3O3S.ClH/c19-16-3-1-2-4-17(16)21-26(24,25)15-7-5-13(6-8-15)18(23)22-11-9-14(20)10-12-22;/h1-8,14,21H,9-12,20H2;1H. The predicted molar refractivity (Wildman–Crippen MR) is 109 cm³/mol. The Morgan fingerprint density at radius 1 is 1.07 bits per heavy atom. The number of hydrogen-bond acceptors (Lipinski definition) is 4. The molecule has 0 radical (unpaired) electrons. The minimum absolute atomic E-state index is 0. The number of benzene rings is 2. The quantitative estimate of drug-likeness (QED) is 0.780. The van der Waals surface area contributed by atoms with Crippen LogP contribution in [0.25, 0.3) is 0 Å². The summed E-state index contributed by atoms with van der Waals surface area (Å²) in [5.41, 5.74) is 6.62. The second-order valence-electron chi connectivity index (χ2n) is 6.24. The zero-order valence-electron chi connectivity index (χ0n) is 14.5. The number of halogens is 2. The molecule has 3 rings (SSSR count). The number of nitrogens with zero attached hydrogens (tertiary/aromatic N) is 1. The zero-order valence-corrected chi connectivity index (χ0v) is 16.9. The Balaban J connectivity index is 0.00000261. The van der Waals surface area contributed by atoms with Crippen LogP contribution in [0.3, 0.4) is 0 Å². The molecule has 0 atom stereocenters. The van der Waals surface area contributed by atoms with E-state index in [0.29, 0.717) is 29.4 Å². The van der Waals surface area contributed by atoms with Gasteiger partial charge in [-0.25, -0.2) is 8.42 Å². The van der Waals surface area contributed by atoms with E-state index in [4.69, 9.17) is 17.3 Å². The third-order valence-electron chi connectivity index (χ3n) is 4.36. The smallest absolute Gasteiger partial charge is 0.261 e. The van der Waals surface area contributed by atoms with Gasteiger partial charge in [0.25, 0.3) is 15.9 Å². The van der Waals surface area contributed by atoms with Gasteiger partial charge in [-0.15, -0.1) is 12.4 Å². The molecular formula is C18H21Cl2N3O3S. The number of rotatable bonds is 4. The van der Waals surface area contributed by atoms with Crippen molar-refractivity contribution in [1.82, 2.24) is 4.90 Å². The van der Waals surface area contributed by atoms with Gasteiger partial charge in [-0.2, -0.15) is 0 Å². The Hall–Kier alpha value is -1.80. The third kappa shape index (κ3) is 5.13. The van der Waals surface area contributed by atoms with E-state index in [1.807, 2.05) is 0 Å². The van der Waals surface area contributed by atoms with E-state index in [-0.39, 0.29) is 29.3 Å². The third-order valence-corrected chi connectivity index (χ3v) is 6.07. The fourth-order valence-corrected chi connectivity index (χ4v) is 4.13. The van der Waals surface area contributed by atoms with Crippen molar-refractivity contribution >= 4 is 45.6 Å². The SMILES string of the molecule is Cl.NC1CCN(C(=O)c2ccc(S(=O)(=O)Nc3ccccc3Cl)cc2)CC1. The van der Waals surface area contributed by atoms with Crippen LogP contribution in [0.4, 0.5) is 5.69 Å². The highest BCUT2D eigenvalue weighted by molar-refractivity contribution is 7.92. The Morgan fingerprint density at radius 2 is 1.67 bits per heavy atom. The average molecular weight is 430 g/mol. The molecule has 6 nitrogen and oxygen atoms in total. The summed E-state index contributed by atoms with van der Waals surface area (Å²) in [5, 5.41) is 0.311. The normalized spacial score (nSPS) is 15.1. The second-order valence-corrected chi connectivity index (χ2v) is 8.33. The molecule has 0 aliphatic carbocycles. The van der Waals surface area contributed by atoms with Crippen molar-refractivity contribution in [2.75, 3.05) is 17.8 Å². The van der Waals surface area contributed by atoms with Crippen molar-refractivity contribution < 1.29 is 13.2 Å². The van der Waals surface area contributed by atoms with Crippen LogP contribution in [0.5, 0.6) is 0 Å². The van der Waals surface area contributed by atoms with E-state index in [1.54, 1.807) is 29.2 Å². The van der Waals surface area contributed by atoms with Gasteiger partial charge < -0.3 is 10.6 Å². The van der Waals surface area contributed by atoms with E-state index in [2.05, 4.69) is 4.72 Å². The number of carbonyl (C=O) groups excluding carboxylic acids is 1. The van der Waals surface area contributed by atoms with E-state index in [9.17, 15) is 13.2 Å². The first-order chi connectivity index (χ1) is 12.4. The number of carbonyl (C=O) groups is 1. The molecule has 0 spiro atoms. The second kappa shape index (κ2) is 8.93. The lowest BCUT2D eigenvalue weighted by Gasteiger charge is -2.30. The molecule has 1 aliphatic rings. The van der Waals surface area contributed by atoms with Gasteiger partial charge in [0.1, 0.15) is 0 Å². The van der Waals surface area contributed by atoms with E-state index in [0.717, 1.165) is 12.8 Å². The largest absolute Gasteiger partial charge is 0.339 e. The first-order valence-electron chi connectivity index (χ1n) is 8.29. The Labute approximate surface area is 170 Å². The molecule has 1 saturated heterocycles. The number of hydrogen-bond donors (Lipinski definition) is 2. The van der Waals surface area contributed by atoms with Gasteiger partial charge in [0.15, 0.2) is 0 Å². The van der Waals surface area contributed by atoms with Crippen molar-refractivity contribution in [3.8, 4) is 0 Å². The van der Waals surface area contributed by atoms with E-state index >= 15 is 0 Å². The molecule has 9 heteroatoms. The molecule has 0 unspecified atom stereocenters. The summed E-state index contributed by atoms with van der Waals surface area (Å²) in [6.45, 7) is 1.24. The summed E-state index contributed by atoms with van der Waals surface area (Å²) < 4.78 is 27.4. The molecule has 1 amide bonds. The summed E-state index contributed by atoms with van der Waals surface area (Å²) in [6.07, 6.45) is 1.56. The summed E-state index contributed by atoms with van der Waals surface area (Å²) in [4.78, 5) is 14.3. The van der Waals surface area contributed by atoms with Gasteiger partial charge in [0, 0.05) is 24.7 Å². The Bertz CT molecular complexity index is 896. The van der Waals surface area contributed by atoms with Gasteiger partial charge in [-0.1, -0.05) is 23.7 Å². The van der Waals surface area contributed by atoms with Crippen LogP contribution in [-0.2, 0) is 10.0 Å². The number of nitrogens with one attached hydrogen (secondary N) is 1. The van der Waals surface area contributed by atoms with E-state index in [1.165, 1.54) is 24.3 Å². The van der Waals surface area contributed by atoms with Crippen LogP contribution >= 0.6 is 24.0 Å². The average Bonchev–Trinajstić information content (AvgIpc) is 2.64. The molecule has 27 heavy (non-hydrogen) atoms. The zero-order chi connectivity index (χ0) is 18.7. The fraction of sp³-hybridized carbons (Fsp3) is 0.278. The summed E-state index contributed by atoms with van der Waals surface area (Å²) in [6, 6.07) is 12.6. The molecule has 0 saturated carbocycles. The number of sulfonamides is 1. The summed E-state index contributed by atoms with van der Waals surface area (Å²) >= 11 is 5.99. The molecule has 2 aromatic rings. The molecule has 0 bridgehead atoms. The van der Waals surface area contributed by atoms with Gasteiger partial charge >= 0.3 is 0 Å². The van der Waals surface area contributed by atoms with Crippen molar-refractivity contribution in [3.05, 3.63) is 59.1 Å². The first-order valence-corrected chi connectivity index (χ1v) is 10.2. The van der Waals surface area contributed by atoms with Crippen molar-refractivity contribution in [1.29, 1.82) is 0 Å². The van der Waals surface area contributed by atoms with Crippen LogP contribution < -0.4 is 10.5 Å². The number of nitrogens with two attached hydrogens (primary N) is 1. The Morgan fingerprint density at radius 3 is 2.26 bits per heavy atom. The highest BCUT2D eigenvalue weighted by Gasteiger charge is 2.22. The lowest BCUT2D eigenvalue weighted by molar-refractivity contribution is 0.0714. The number of likely N-dealkylation sites (tertiary alicyclic amines) is 1.